The number of nitrogens with zero attached hydrogens (tertiary/aromatic N) is 1. The van der Waals surface area contributed by atoms with E-state index in [-0.39, 0.29) is 6.04 Å². The molecule has 68 valence electrons. The van der Waals surface area contributed by atoms with E-state index in [4.69, 9.17) is 0 Å². The number of rotatable bonds is 4. The van der Waals surface area contributed by atoms with Gasteiger partial charge in [-0.05, 0) is 19.4 Å². The van der Waals surface area contributed by atoms with Gasteiger partial charge in [-0.15, -0.1) is 4.99 Å². The quantitative estimate of drug-likeness (QED) is 0.493. The molecule has 0 heterocycles. The van der Waals surface area contributed by atoms with Gasteiger partial charge >= 0.3 is 0 Å². The Morgan fingerprint density at radius 3 is 2.50 bits per heavy atom. The molecule has 0 saturated carbocycles. The molecular formula is C8H14N2O2. The average Bonchev–Trinajstić information content (AvgIpc) is 2.00. The molecule has 1 atom stereocenters. The number of nitrogens with one attached hydrogen (secondary N) is 1. The third-order valence-electron chi connectivity index (χ3n) is 1.51. The van der Waals surface area contributed by atoms with Gasteiger partial charge < -0.3 is 5.32 Å². The van der Waals surface area contributed by atoms with Crippen molar-refractivity contribution in [2.45, 2.75) is 26.3 Å². The Morgan fingerprint density at radius 2 is 2.17 bits per heavy atom. The zero-order valence-corrected chi connectivity index (χ0v) is 7.63. The number of carbonyl (C=O) groups is 1. The summed E-state index contributed by atoms with van der Waals surface area (Å²) < 4.78 is 0. The van der Waals surface area contributed by atoms with Gasteiger partial charge in [0.15, 0.2) is 0 Å². The molecule has 1 amide bonds. The lowest BCUT2D eigenvalue weighted by atomic mass is 10.0. The molecule has 0 aliphatic heterocycles. The molecular weight excluding hydrogens is 156 g/mol. The van der Waals surface area contributed by atoms with Crippen LogP contribution in [0.4, 0.5) is 0 Å². The highest BCUT2D eigenvalue weighted by Gasteiger charge is 2.16. The summed E-state index contributed by atoms with van der Waals surface area (Å²) in [5.41, 5.74) is 0. The van der Waals surface area contributed by atoms with Crippen LogP contribution in [-0.2, 0) is 9.59 Å². The molecule has 0 aliphatic rings. The number of likely N-dealkylation sites (N-methyl/N-ethyl adjacent to an activating group) is 1. The van der Waals surface area contributed by atoms with Crippen LogP contribution in [0, 0.1) is 5.92 Å². The first-order valence-corrected chi connectivity index (χ1v) is 3.90. The minimum atomic E-state index is -0.443. The monoisotopic (exact) mass is 170 g/mol. The van der Waals surface area contributed by atoms with Crippen LogP contribution >= 0.6 is 0 Å². The van der Waals surface area contributed by atoms with Crippen molar-refractivity contribution >= 4 is 12.0 Å². The normalized spacial score (nSPS) is 12.3. The van der Waals surface area contributed by atoms with Crippen LogP contribution in [0.1, 0.15) is 20.3 Å². The molecule has 0 spiro atoms. The minimum Gasteiger partial charge on any atom is -0.309 e. The average molecular weight is 170 g/mol. The van der Waals surface area contributed by atoms with Crippen LogP contribution in [0.25, 0.3) is 0 Å². The lowest BCUT2D eigenvalue weighted by Crippen LogP contribution is -2.34. The highest BCUT2D eigenvalue weighted by molar-refractivity contribution is 5.86. The number of carbonyl (C=O) groups excluding carboxylic acids is 2. The lowest BCUT2D eigenvalue weighted by Gasteiger charge is -2.13. The Hall–Kier alpha value is -0.990. The predicted octanol–water partition coefficient (Wildman–Crippen LogP) is 0.483. The van der Waals surface area contributed by atoms with Crippen LogP contribution in [0.5, 0.6) is 0 Å². The van der Waals surface area contributed by atoms with E-state index < -0.39 is 5.91 Å². The number of hydrogen-bond acceptors (Lipinski definition) is 3. The maximum absolute atomic E-state index is 11.0. The van der Waals surface area contributed by atoms with E-state index in [1.165, 1.54) is 6.08 Å². The van der Waals surface area contributed by atoms with Crippen LogP contribution in [-0.4, -0.2) is 25.1 Å². The van der Waals surface area contributed by atoms with Gasteiger partial charge in [0, 0.05) is 0 Å². The van der Waals surface area contributed by atoms with Crippen molar-refractivity contribution in [2.24, 2.45) is 10.9 Å². The Kier molecular flexibility index (Phi) is 5.17. The summed E-state index contributed by atoms with van der Waals surface area (Å²) in [6.45, 7) is 4.00. The Balaban J connectivity index is 4.14. The first-order chi connectivity index (χ1) is 5.61. The van der Waals surface area contributed by atoms with Crippen molar-refractivity contribution in [3.63, 3.8) is 0 Å². The predicted molar refractivity (Wildman–Crippen MR) is 45.4 cm³/mol. The molecule has 0 fully saturated rings. The molecule has 1 N–H and O–H groups in total. The lowest BCUT2D eigenvalue weighted by molar-refractivity contribution is -0.120. The molecule has 4 heteroatoms. The largest absolute Gasteiger partial charge is 0.309 e. The van der Waals surface area contributed by atoms with E-state index in [0.29, 0.717) is 12.3 Å². The maximum Gasteiger partial charge on any atom is 0.273 e. The number of amides is 1. The van der Waals surface area contributed by atoms with Gasteiger partial charge in [0.2, 0.25) is 6.08 Å². The van der Waals surface area contributed by atoms with Gasteiger partial charge in [-0.2, -0.15) is 0 Å². The van der Waals surface area contributed by atoms with E-state index in [9.17, 15) is 9.59 Å². The van der Waals surface area contributed by atoms with Crippen molar-refractivity contribution in [1.29, 1.82) is 0 Å². The second kappa shape index (κ2) is 5.63. The fraction of sp³-hybridized carbons (Fsp3) is 0.750. The summed E-state index contributed by atoms with van der Waals surface area (Å²) in [4.78, 5) is 23.8. The van der Waals surface area contributed by atoms with Gasteiger partial charge in [0.25, 0.3) is 5.91 Å². The van der Waals surface area contributed by atoms with Crippen LogP contribution in [0.15, 0.2) is 4.99 Å². The summed E-state index contributed by atoms with van der Waals surface area (Å²) in [5.74, 6) is -0.0468. The third kappa shape index (κ3) is 4.01. The third-order valence-corrected chi connectivity index (χ3v) is 1.51. The molecule has 0 saturated heterocycles. The van der Waals surface area contributed by atoms with E-state index in [0.717, 1.165) is 0 Å². The molecule has 0 aromatic rings. The summed E-state index contributed by atoms with van der Waals surface area (Å²) >= 11 is 0. The van der Waals surface area contributed by atoms with Gasteiger partial charge in [0.05, 0.1) is 6.04 Å². The van der Waals surface area contributed by atoms with Crippen molar-refractivity contribution in [2.75, 3.05) is 7.05 Å². The standard InChI is InChI=1S/C8H14N2O2/c1-6(2)4-7(9-3)8(12)10-5-11/h6-7,9H,4H2,1-3H3/t7-/m0/s1. The van der Waals surface area contributed by atoms with Crippen LogP contribution in [0.3, 0.4) is 0 Å². The second-order valence-electron chi connectivity index (χ2n) is 3.01. The highest BCUT2D eigenvalue weighted by Crippen LogP contribution is 2.05. The minimum absolute atomic E-state index is 0.355. The van der Waals surface area contributed by atoms with Crippen LogP contribution < -0.4 is 5.32 Å². The summed E-state index contributed by atoms with van der Waals surface area (Å²) in [6, 6.07) is -0.355. The van der Waals surface area contributed by atoms with Gasteiger partial charge in [-0.25, -0.2) is 4.79 Å². The Bertz CT molecular complexity index is 195. The number of aliphatic imine (C=N–C) groups is 1. The molecule has 0 radical (unpaired) electrons. The zero-order valence-electron chi connectivity index (χ0n) is 7.63. The molecule has 0 aromatic heterocycles. The van der Waals surface area contributed by atoms with E-state index in [1.54, 1.807) is 7.05 Å². The van der Waals surface area contributed by atoms with Crippen LogP contribution in [0.2, 0.25) is 0 Å². The Morgan fingerprint density at radius 1 is 1.58 bits per heavy atom. The molecule has 12 heavy (non-hydrogen) atoms. The zero-order chi connectivity index (χ0) is 9.56. The molecule has 0 bridgehead atoms. The first-order valence-electron chi connectivity index (χ1n) is 3.90. The summed E-state index contributed by atoms with van der Waals surface area (Å²) in [7, 11) is 1.67. The van der Waals surface area contributed by atoms with Crippen molar-refractivity contribution in [1.82, 2.24) is 5.32 Å². The number of hydrogen-bond donors (Lipinski definition) is 1. The molecule has 0 aliphatic carbocycles. The van der Waals surface area contributed by atoms with Gasteiger partial charge in [-0.3, -0.25) is 4.79 Å². The summed E-state index contributed by atoms with van der Waals surface area (Å²) in [6.07, 6.45) is 1.92. The molecule has 4 nitrogen and oxygen atoms in total. The SMILES string of the molecule is CN[C@@H](CC(C)C)C(=O)N=C=O. The molecule has 0 aromatic carbocycles. The Labute approximate surface area is 72.1 Å². The van der Waals surface area contributed by atoms with E-state index in [2.05, 4.69) is 10.3 Å². The number of isocyanates is 1. The van der Waals surface area contributed by atoms with E-state index >= 15 is 0 Å². The van der Waals surface area contributed by atoms with Gasteiger partial charge in [-0.1, -0.05) is 13.8 Å². The fourth-order valence-electron chi connectivity index (χ4n) is 0.936. The van der Waals surface area contributed by atoms with Crippen molar-refractivity contribution < 1.29 is 9.59 Å². The highest BCUT2D eigenvalue weighted by atomic mass is 16.2. The molecule has 0 rings (SSSR count). The fourth-order valence-corrected chi connectivity index (χ4v) is 0.936. The van der Waals surface area contributed by atoms with Crippen molar-refractivity contribution in [3.8, 4) is 0 Å². The second-order valence-corrected chi connectivity index (χ2v) is 3.01. The van der Waals surface area contributed by atoms with E-state index in [1.807, 2.05) is 13.8 Å². The summed E-state index contributed by atoms with van der Waals surface area (Å²) in [5, 5.41) is 2.80. The first kappa shape index (κ1) is 11.0. The van der Waals surface area contributed by atoms with Gasteiger partial charge in [0.1, 0.15) is 0 Å². The van der Waals surface area contributed by atoms with Crippen molar-refractivity contribution in [3.05, 3.63) is 0 Å². The smallest absolute Gasteiger partial charge is 0.273 e. The maximum atomic E-state index is 11.0. The topological polar surface area (TPSA) is 58.5 Å². The molecule has 0 unspecified atom stereocenters.